The Labute approximate surface area is 104 Å². The van der Waals surface area contributed by atoms with Gasteiger partial charge in [0.1, 0.15) is 5.75 Å². The number of aromatic hydroxyl groups is 1. The fourth-order valence-electron chi connectivity index (χ4n) is 1.28. The number of thioether (sulfide) groups is 1. The highest BCUT2D eigenvalue weighted by molar-refractivity contribution is 7.98. The van der Waals surface area contributed by atoms with Gasteiger partial charge in [-0.25, -0.2) is 0 Å². The first-order valence-corrected chi connectivity index (χ1v) is 6.38. The van der Waals surface area contributed by atoms with E-state index in [1.54, 1.807) is 23.9 Å². The summed E-state index contributed by atoms with van der Waals surface area (Å²) in [5.74, 6) is 2.51. The number of hydrogen-bond donors (Lipinski definition) is 1. The molecule has 0 aliphatic carbocycles. The van der Waals surface area contributed by atoms with Crippen molar-refractivity contribution >= 4 is 11.8 Å². The minimum atomic E-state index is 0.252. The molecule has 17 heavy (non-hydrogen) atoms. The Kier molecular flexibility index (Phi) is 3.68. The van der Waals surface area contributed by atoms with E-state index in [0.29, 0.717) is 17.5 Å². The van der Waals surface area contributed by atoms with Gasteiger partial charge in [0, 0.05) is 10.8 Å². The second kappa shape index (κ2) is 5.23. The Balaban J connectivity index is 1.97. The van der Waals surface area contributed by atoms with Gasteiger partial charge in [0.15, 0.2) is 5.82 Å². The summed E-state index contributed by atoms with van der Waals surface area (Å²) in [6, 6.07) is 7.12. The topological polar surface area (TPSA) is 59.2 Å². The number of rotatable bonds is 4. The lowest BCUT2D eigenvalue weighted by Crippen LogP contribution is -1.88. The summed E-state index contributed by atoms with van der Waals surface area (Å²) in [6.45, 7) is 4.03. The zero-order chi connectivity index (χ0) is 12.3. The summed E-state index contributed by atoms with van der Waals surface area (Å²) in [5, 5.41) is 13.2. The van der Waals surface area contributed by atoms with Crippen molar-refractivity contribution in [1.29, 1.82) is 0 Å². The van der Waals surface area contributed by atoms with Crippen LogP contribution in [0.4, 0.5) is 0 Å². The molecule has 90 valence electrons. The Hall–Kier alpha value is -1.49. The molecule has 5 heteroatoms. The van der Waals surface area contributed by atoms with Crippen LogP contribution in [-0.2, 0) is 5.75 Å². The summed E-state index contributed by atoms with van der Waals surface area (Å²) in [7, 11) is 0. The number of hydrogen-bond acceptors (Lipinski definition) is 5. The lowest BCUT2D eigenvalue weighted by atomic mass is 10.2. The van der Waals surface area contributed by atoms with E-state index in [4.69, 9.17) is 4.52 Å². The van der Waals surface area contributed by atoms with Crippen LogP contribution in [0.3, 0.4) is 0 Å². The third-order valence-electron chi connectivity index (χ3n) is 2.16. The summed E-state index contributed by atoms with van der Waals surface area (Å²) in [5.41, 5.74) is 0. The lowest BCUT2D eigenvalue weighted by molar-refractivity contribution is 0.362. The molecule has 0 fully saturated rings. The molecular weight excluding hydrogens is 236 g/mol. The standard InChI is InChI=1S/C12H14N2O2S/c1-8(2)12-13-11(14-16-12)7-17-10-5-3-4-9(15)6-10/h3-6,8,15H,7H2,1-2H3. The van der Waals surface area contributed by atoms with E-state index >= 15 is 0 Å². The smallest absolute Gasteiger partial charge is 0.229 e. The highest BCUT2D eigenvalue weighted by atomic mass is 32.2. The average Bonchev–Trinajstić information content (AvgIpc) is 2.75. The largest absolute Gasteiger partial charge is 0.508 e. The van der Waals surface area contributed by atoms with Gasteiger partial charge >= 0.3 is 0 Å². The fraction of sp³-hybridized carbons (Fsp3) is 0.333. The minimum absolute atomic E-state index is 0.252. The molecule has 0 saturated heterocycles. The minimum Gasteiger partial charge on any atom is -0.508 e. The van der Waals surface area contributed by atoms with Crippen LogP contribution in [0.5, 0.6) is 5.75 Å². The molecule has 0 radical (unpaired) electrons. The molecule has 0 saturated carbocycles. The van der Waals surface area contributed by atoms with Crippen LogP contribution in [0.1, 0.15) is 31.5 Å². The number of benzene rings is 1. The molecule has 0 aliphatic rings. The summed E-state index contributed by atoms with van der Waals surface area (Å²) in [4.78, 5) is 5.27. The Morgan fingerprint density at radius 3 is 2.88 bits per heavy atom. The van der Waals surface area contributed by atoms with E-state index in [1.807, 2.05) is 26.0 Å². The first kappa shape index (κ1) is 12.0. The predicted octanol–water partition coefficient (Wildman–Crippen LogP) is 3.19. The highest BCUT2D eigenvalue weighted by Gasteiger charge is 2.09. The summed E-state index contributed by atoms with van der Waals surface area (Å²) < 4.78 is 5.11. The van der Waals surface area contributed by atoms with E-state index in [1.165, 1.54) is 0 Å². The lowest BCUT2D eigenvalue weighted by Gasteiger charge is -1.98. The van der Waals surface area contributed by atoms with Crippen LogP contribution >= 0.6 is 11.8 Å². The van der Waals surface area contributed by atoms with E-state index in [9.17, 15) is 5.11 Å². The molecule has 1 N–H and O–H groups in total. The highest BCUT2D eigenvalue weighted by Crippen LogP contribution is 2.25. The van der Waals surface area contributed by atoms with Crippen molar-refractivity contribution < 1.29 is 9.63 Å². The van der Waals surface area contributed by atoms with Gasteiger partial charge < -0.3 is 9.63 Å². The molecule has 0 bridgehead atoms. The third kappa shape index (κ3) is 3.23. The molecule has 2 rings (SSSR count). The SMILES string of the molecule is CC(C)c1nc(CSc2cccc(O)c2)no1. The van der Waals surface area contributed by atoms with Gasteiger partial charge in [-0.05, 0) is 18.2 Å². The summed E-state index contributed by atoms with van der Waals surface area (Å²) >= 11 is 1.57. The van der Waals surface area contributed by atoms with Crippen LogP contribution in [0, 0.1) is 0 Å². The van der Waals surface area contributed by atoms with Gasteiger partial charge in [0.2, 0.25) is 5.89 Å². The number of aromatic nitrogens is 2. The van der Waals surface area contributed by atoms with Gasteiger partial charge in [0.05, 0.1) is 5.75 Å². The number of nitrogens with zero attached hydrogens (tertiary/aromatic N) is 2. The van der Waals surface area contributed by atoms with Crippen molar-refractivity contribution in [3.8, 4) is 5.75 Å². The van der Waals surface area contributed by atoms with Crippen LogP contribution < -0.4 is 0 Å². The molecular formula is C12H14N2O2S. The van der Waals surface area contributed by atoms with Gasteiger partial charge in [-0.3, -0.25) is 0 Å². The second-order valence-corrected chi connectivity index (χ2v) is 5.04. The van der Waals surface area contributed by atoms with E-state index < -0.39 is 0 Å². The van der Waals surface area contributed by atoms with Crippen molar-refractivity contribution in [2.75, 3.05) is 0 Å². The molecule has 1 heterocycles. The molecule has 4 nitrogen and oxygen atoms in total. The molecule has 1 aromatic heterocycles. The van der Waals surface area contributed by atoms with Crippen LogP contribution in [-0.4, -0.2) is 15.2 Å². The Morgan fingerprint density at radius 1 is 1.41 bits per heavy atom. The maximum absolute atomic E-state index is 9.32. The number of phenols is 1. The molecule has 0 atom stereocenters. The molecule has 0 amide bonds. The van der Waals surface area contributed by atoms with Crippen LogP contribution in [0.25, 0.3) is 0 Å². The quantitative estimate of drug-likeness (QED) is 0.844. The second-order valence-electron chi connectivity index (χ2n) is 3.99. The molecule has 1 aromatic carbocycles. The average molecular weight is 250 g/mol. The first-order valence-electron chi connectivity index (χ1n) is 5.39. The van der Waals surface area contributed by atoms with Crippen molar-refractivity contribution in [1.82, 2.24) is 10.1 Å². The van der Waals surface area contributed by atoms with Gasteiger partial charge in [-0.1, -0.05) is 25.1 Å². The van der Waals surface area contributed by atoms with E-state index in [-0.39, 0.29) is 11.7 Å². The van der Waals surface area contributed by atoms with Crippen LogP contribution in [0.15, 0.2) is 33.7 Å². The molecule has 2 aromatic rings. The van der Waals surface area contributed by atoms with Crippen molar-refractivity contribution in [3.05, 3.63) is 36.0 Å². The monoisotopic (exact) mass is 250 g/mol. The van der Waals surface area contributed by atoms with E-state index in [2.05, 4.69) is 10.1 Å². The van der Waals surface area contributed by atoms with Crippen molar-refractivity contribution in [3.63, 3.8) is 0 Å². The number of phenolic OH excluding ortho intramolecular Hbond substituents is 1. The van der Waals surface area contributed by atoms with Gasteiger partial charge in [0.25, 0.3) is 0 Å². The van der Waals surface area contributed by atoms with Crippen molar-refractivity contribution in [2.45, 2.75) is 30.4 Å². The van der Waals surface area contributed by atoms with E-state index in [0.717, 1.165) is 4.90 Å². The Morgan fingerprint density at radius 2 is 2.24 bits per heavy atom. The molecule has 0 spiro atoms. The van der Waals surface area contributed by atoms with Gasteiger partial charge in [-0.15, -0.1) is 11.8 Å². The third-order valence-corrected chi connectivity index (χ3v) is 3.15. The zero-order valence-corrected chi connectivity index (χ0v) is 10.6. The fourth-order valence-corrected chi connectivity index (χ4v) is 2.07. The van der Waals surface area contributed by atoms with Gasteiger partial charge in [-0.2, -0.15) is 4.98 Å². The maximum Gasteiger partial charge on any atom is 0.229 e. The van der Waals surface area contributed by atoms with Crippen molar-refractivity contribution in [2.24, 2.45) is 0 Å². The normalized spacial score (nSPS) is 11.0. The maximum atomic E-state index is 9.32. The first-order chi connectivity index (χ1) is 8.15. The van der Waals surface area contributed by atoms with Crippen LogP contribution in [0.2, 0.25) is 0 Å². The summed E-state index contributed by atoms with van der Waals surface area (Å²) in [6.07, 6.45) is 0. The zero-order valence-electron chi connectivity index (χ0n) is 9.75. The predicted molar refractivity (Wildman–Crippen MR) is 66.1 cm³/mol. The molecule has 0 unspecified atom stereocenters. The Bertz CT molecular complexity index is 497. The molecule has 0 aliphatic heterocycles.